The zero-order valence-electron chi connectivity index (χ0n) is 9.44. The molecule has 2 aromatic rings. The van der Waals surface area contributed by atoms with Gasteiger partial charge in [0.2, 0.25) is 0 Å². The van der Waals surface area contributed by atoms with E-state index in [0.29, 0.717) is 5.92 Å². The molecule has 0 aliphatic heterocycles. The maximum atomic E-state index is 4.22. The first-order valence-electron chi connectivity index (χ1n) is 5.29. The fourth-order valence-corrected chi connectivity index (χ4v) is 1.87. The molecule has 2 nitrogen and oxygen atoms in total. The highest BCUT2D eigenvalue weighted by Crippen LogP contribution is 2.21. The summed E-state index contributed by atoms with van der Waals surface area (Å²) in [5, 5.41) is 4.22. The average molecular weight is 200 g/mol. The van der Waals surface area contributed by atoms with Gasteiger partial charge >= 0.3 is 0 Å². The molecule has 15 heavy (non-hydrogen) atoms. The molecule has 0 saturated carbocycles. The fraction of sp³-hybridized carbons (Fsp3) is 0.308. The van der Waals surface area contributed by atoms with Gasteiger partial charge in [-0.1, -0.05) is 19.9 Å². The van der Waals surface area contributed by atoms with Crippen LogP contribution in [0.3, 0.4) is 0 Å². The number of aryl methyl sites for hydroxylation is 1. The molecular weight excluding hydrogens is 184 g/mol. The van der Waals surface area contributed by atoms with E-state index in [1.807, 2.05) is 16.9 Å². The van der Waals surface area contributed by atoms with Crippen molar-refractivity contribution in [3.8, 4) is 5.69 Å². The van der Waals surface area contributed by atoms with Crippen LogP contribution < -0.4 is 0 Å². The first kappa shape index (κ1) is 9.97. The Hall–Kier alpha value is -1.57. The van der Waals surface area contributed by atoms with Crippen LogP contribution in [0.5, 0.6) is 0 Å². The lowest BCUT2D eigenvalue weighted by atomic mass is 9.98. The van der Waals surface area contributed by atoms with Crippen molar-refractivity contribution in [1.29, 1.82) is 0 Å². The molecule has 1 aromatic carbocycles. The van der Waals surface area contributed by atoms with E-state index in [4.69, 9.17) is 0 Å². The third-order valence-electron chi connectivity index (χ3n) is 2.64. The Balaban J connectivity index is 2.42. The van der Waals surface area contributed by atoms with Crippen molar-refractivity contribution in [2.24, 2.45) is 0 Å². The molecule has 1 aromatic heterocycles. The second kappa shape index (κ2) is 3.89. The molecule has 1 heterocycles. The number of hydrogen-bond donors (Lipinski definition) is 0. The van der Waals surface area contributed by atoms with Crippen molar-refractivity contribution in [3.63, 3.8) is 0 Å². The summed E-state index contributed by atoms with van der Waals surface area (Å²) in [6.07, 6.45) is 3.76. The summed E-state index contributed by atoms with van der Waals surface area (Å²) in [7, 11) is 0. The molecule has 0 saturated heterocycles. The van der Waals surface area contributed by atoms with Crippen LogP contribution in [0.2, 0.25) is 0 Å². The van der Waals surface area contributed by atoms with Gasteiger partial charge in [-0.05, 0) is 42.2 Å². The van der Waals surface area contributed by atoms with E-state index in [0.717, 1.165) is 5.69 Å². The van der Waals surface area contributed by atoms with E-state index >= 15 is 0 Å². The predicted octanol–water partition coefficient (Wildman–Crippen LogP) is 3.30. The molecule has 0 unspecified atom stereocenters. The SMILES string of the molecule is Cc1cc(-n2cccn2)ccc1C(C)C. The minimum absolute atomic E-state index is 0.580. The van der Waals surface area contributed by atoms with Crippen molar-refractivity contribution in [1.82, 2.24) is 9.78 Å². The minimum Gasteiger partial charge on any atom is -0.241 e. The molecule has 2 rings (SSSR count). The van der Waals surface area contributed by atoms with E-state index in [1.165, 1.54) is 11.1 Å². The van der Waals surface area contributed by atoms with Crippen LogP contribution in [-0.2, 0) is 0 Å². The van der Waals surface area contributed by atoms with Gasteiger partial charge in [-0.25, -0.2) is 4.68 Å². The lowest BCUT2D eigenvalue weighted by Gasteiger charge is -2.11. The maximum Gasteiger partial charge on any atom is 0.0648 e. The summed E-state index contributed by atoms with van der Waals surface area (Å²) < 4.78 is 1.89. The van der Waals surface area contributed by atoms with Gasteiger partial charge in [-0.15, -0.1) is 0 Å². The van der Waals surface area contributed by atoms with E-state index in [2.05, 4.69) is 44.1 Å². The molecule has 78 valence electrons. The molecule has 0 radical (unpaired) electrons. The second-order valence-corrected chi connectivity index (χ2v) is 4.15. The highest BCUT2D eigenvalue weighted by Gasteiger charge is 2.04. The van der Waals surface area contributed by atoms with Gasteiger partial charge in [0, 0.05) is 12.4 Å². The third kappa shape index (κ3) is 1.94. The standard InChI is InChI=1S/C13H16N2/c1-10(2)13-6-5-12(9-11(13)3)15-8-4-7-14-15/h4-10H,1-3H3. The Labute approximate surface area is 90.6 Å². The van der Waals surface area contributed by atoms with Crippen molar-refractivity contribution < 1.29 is 0 Å². The molecule has 0 fully saturated rings. The Morgan fingerprint density at radius 1 is 1.27 bits per heavy atom. The normalized spacial score (nSPS) is 10.9. The number of nitrogens with zero attached hydrogens (tertiary/aromatic N) is 2. The second-order valence-electron chi connectivity index (χ2n) is 4.15. The van der Waals surface area contributed by atoms with Crippen LogP contribution in [0.25, 0.3) is 5.69 Å². The number of benzene rings is 1. The molecule has 0 aliphatic rings. The highest BCUT2D eigenvalue weighted by atomic mass is 15.3. The van der Waals surface area contributed by atoms with Crippen LogP contribution in [0.4, 0.5) is 0 Å². The first-order chi connectivity index (χ1) is 7.18. The van der Waals surface area contributed by atoms with Gasteiger partial charge in [0.1, 0.15) is 0 Å². The molecule has 2 heteroatoms. The molecule has 0 atom stereocenters. The smallest absolute Gasteiger partial charge is 0.0648 e. The van der Waals surface area contributed by atoms with Crippen molar-refractivity contribution in [3.05, 3.63) is 47.8 Å². The fourth-order valence-electron chi connectivity index (χ4n) is 1.87. The van der Waals surface area contributed by atoms with Gasteiger partial charge in [0.05, 0.1) is 5.69 Å². The zero-order chi connectivity index (χ0) is 10.8. The van der Waals surface area contributed by atoms with Gasteiger partial charge in [-0.3, -0.25) is 0 Å². The molecule has 0 spiro atoms. The average Bonchev–Trinajstić information content (AvgIpc) is 2.69. The molecule has 0 aliphatic carbocycles. The van der Waals surface area contributed by atoms with Crippen LogP contribution in [-0.4, -0.2) is 9.78 Å². The van der Waals surface area contributed by atoms with Crippen molar-refractivity contribution >= 4 is 0 Å². The summed E-state index contributed by atoms with van der Waals surface area (Å²) >= 11 is 0. The molecule has 0 N–H and O–H groups in total. The van der Waals surface area contributed by atoms with Crippen LogP contribution in [0.15, 0.2) is 36.7 Å². The van der Waals surface area contributed by atoms with E-state index in [1.54, 1.807) is 6.20 Å². The summed E-state index contributed by atoms with van der Waals surface area (Å²) in [5.41, 5.74) is 3.87. The Bertz CT molecular complexity index is 442. The van der Waals surface area contributed by atoms with Crippen molar-refractivity contribution in [2.45, 2.75) is 26.7 Å². The van der Waals surface area contributed by atoms with Gasteiger partial charge in [-0.2, -0.15) is 5.10 Å². The Morgan fingerprint density at radius 3 is 2.60 bits per heavy atom. The van der Waals surface area contributed by atoms with Gasteiger partial charge < -0.3 is 0 Å². The Morgan fingerprint density at radius 2 is 2.07 bits per heavy atom. The molecule has 0 amide bonds. The summed E-state index contributed by atoms with van der Waals surface area (Å²) in [6.45, 7) is 6.59. The lowest BCUT2D eigenvalue weighted by Crippen LogP contribution is -1.98. The van der Waals surface area contributed by atoms with Gasteiger partial charge in [0.15, 0.2) is 0 Å². The monoisotopic (exact) mass is 200 g/mol. The lowest BCUT2D eigenvalue weighted by molar-refractivity contribution is 0.844. The number of hydrogen-bond acceptors (Lipinski definition) is 1. The molecule has 0 bridgehead atoms. The maximum absolute atomic E-state index is 4.22. The first-order valence-corrected chi connectivity index (χ1v) is 5.29. The van der Waals surface area contributed by atoms with Gasteiger partial charge in [0.25, 0.3) is 0 Å². The zero-order valence-corrected chi connectivity index (χ0v) is 9.44. The highest BCUT2D eigenvalue weighted by molar-refractivity contribution is 5.40. The minimum atomic E-state index is 0.580. The van der Waals surface area contributed by atoms with Crippen LogP contribution in [0, 0.1) is 6.92 Å². The summed E-state index contributed by atoms with van der Waals surface area (Å²) in [4.78, 5) is 0. The summed E-state index contributed by atoms with van der Waals surface area (Å²) in [5.74, 6) is 0.580. The largest absolute Gasteiger partial charge is 0.241 e. The van der Waals surface area contributed by atoms with Crippen LogP contribution >= 0.6 is 0 Å². The molecular formula is C13H16N2. The Kier molecular flexibility index (Phi) is 2.58. The van der Waals surface area contributed by atoms with Crippen molar-refractivity contribution in [2.75, 3.05) is 0 Å². The topological polar surface area (TPSA) is 17.8 Å². The van der Waals surface area contributed by atoms with E-state index in [-0.39, 0.29) is 0 Å². The van der Waals surface area contributed by atoms with E-state index in [9.17, 15) is 0 Å². The predicted molar refractivity (Wildman–Crippen MR) is 62.4 cm³/mol. The van der Waals surface area contributed by atoms with Crippen LogP contribution in [0.1, 0.15) is 30.9 Å². The third-order valence-corrected chi connectivity index (χ3v) is 2.64. The summed E-state index contributed by atoms with van der Waals surface area (Å²) in [6, 6.07) is 8.43. The number of aromatic nitrogens is 2. The van der Waals surface area contributed by atoms with E-state index < -0.39 is 0 Å². The quantitative estimate of drug-likeness (QED) is 0.727. The number of rotatable bonds is 2.